The van der Waals surface area contributed by atoms with Crippen LogP contribution in [0.5, 0.6) is 0 Å². The van der Waals surface area contributed by atoms with Crippen LogP contribution < -0.4 is 11.1 Å². The largest absolute Gasteiger partial charge is 0.409 e. The third-order valence-electron chi connectivity index (χ3n) is 2.62. The van der Waals surface area contributed by atoms with Crippen LogP contribution in [0.4, 0.5) is 0 Å². The number of hydrogen-bond acceptors (Lipinski definition) is 4. The van der Waals surface area contributed by atoms with Crippen molar-refractivity contribution in [3.63, 3.8) is 0 Å². The molecule has 1 amide bonds. The zero-order valence-corrected chi connectivity index (χ0v) is 11.6. The molecule has 0 fully saturated rings. The van der Waals surface area contributed by atoms with Crippen molar-refractivity contribution in [2.45, 2.75) is 38.4 Å². The van der Waals surface area contributed by atoms with Crippen LogP contribution in [0.15, 0.2) is 5.16 Å². The van der Waals surface area contributed by atoms with Gasteiger partial charge in [-0.15, -0.1) is 0 Å². The van der Waals surface area contributed by atoms with Gasteiger partial charge in [0.05, 0.1) is 5.92 Å². The highest BCUT2D eigenvalue weighted by atomic mass is 32.2. The molecule has 0 saturated heterocycles. The second-order valence-corrected chi connectivity index (χ2v) is 5.27. The Labute approximate surface area is 107 Å². The van der Waals surface area contributed by atoms with Crippen molar-refractivity contribution in [3.8, 4) is 0 Å². The van der Waals surface area contributed by atoms with E-state index in [4.69, 9.17) is 10.9 Å². The molecule has 100 valence electrons. The van der Waals surface area contributed by atoms with E-state index in [2.05, 4.69) is 17.4 Å². The maximum atomic E-state index is 11.8. The normalized spacial score (nSPS) is 15.4. The monoisotopic (exact) mass is 261 g/mol. The summed E-state index contributed by atoms with van der Waals surface area (Å²) in [5, 5.41) is 14.9. The van der Waals surface area contributed by atoms with E-state index in [9.17, 15) is 4.79 Å². The molecule has 0 saturated carbocycles. The third-order valence-corrected chi connectivity index (χ3v) is 3.66. The predicted octanol–water partition coefficient (Wildman–Crippen LogP) is 1.41. The minimum atomic E-state index is -0.519. The highest BCUT2D eigenvalue weighted by Gasteiger charge is 2.21. The van der Waals surface area contributed by atoms with Crippen molar-refractivity contribution in [2.75, 3.05) is 12.8 Å². The van der Waals surface area contributed by atoms with E-state index in [1.54, 1.807) is 11.8 Å². The highest BCUT2D eigenvalue weighted by molar-refractivity contribution is 7.99. The van der Waals surface area contributed by atoms with Gasteiger partial charge in [-0.25, -0.2) is 0 Å². The fraction of sp³-hybridized carbons (Fsp3) is 0.818. The van der Waals surface area contributed by atoms with Crippen LogP contribution in [-0.4, -0.2) is 35.0 Å². The van der Waals surface area contributed by atoms with E-state index < -0.39 is 5.92 Å². The Kier molecular flexibility index (Phi) is 8.66. The molecule has 0 rings (SSSR count). The first-order valence-electron chi connectivity index (χ1n) is 5.84. The van der Waals surface area contributed by atoms with E-state index in [1.807, 2.05) is 13.2 Å². The van der Waals surface area contributed by atoms with Crippen LogP contribution in [0.25, 0.3) is 0 Å². The molecule has 0 spiro atoms. The topological polar surface area (TPSA) is 87.7 Å². The van der Waals surface area contributed by atoms with Crippen molar-refractivity contribution in [1.29, 1.82) is 0 Å². The van der Waals surface area contributed by atoms with Crippen molar-refractivity contribution in [1.82, 2.24) is 5.32 Å². The zero-order valence-electron chi connectivity index (χ0n) is 10.8. The SMILES string of the molecule is CCCC(C(=O)NCCC(C)SC)C(N)=NO. The Morgan fingerprint density at radius 3 is 2.65 bits per heavy atom. The molecule has 0 aromatic rings. The molecule has 2 unspecified atom stereocenters. The number of nitrogens with one attached hydrogen (secondary N) is 1. The molecule has 17 heavy (non-hydrogen) atoms. The second-order valence-electron chi connectivity index (χ2n) is 3.99. The molecule has 0 heterocycles. The standard InChI is InChI=1S/C11H23N3O2S/c1-4-5-9(10(12)14-16)11(15)13-7-6-8(2)17-3/h8-9,16H,4-7H2,1-3H3,(H2,12,14)(H,13,15). The van der Waals surface area contributed by atoms with Crippen LogP contribution in [0, 0.1) is 5.92 Å². The van der Waals surface area contributed by atoms with E-state index in [-0.39, 0.29) is 11.7 Å². The summed E-state index contributed by atoms with van der Waals surface area (Å²) in [5.41, 5.74) is 5.50. The second kappa shape index (κ2) is 9.15. The van der Waals surface area contributed by atoms with E-state index >= 15 is 0 Å². The number of amidine groups is 1. The molecule has 5 nitrogen and oxygen atoms in total. The summed E-state index contributed by atoms with van der Waals surface area (Å²) >= 11 is 1.77. The maximum absolute atomic E-state index is 11.8. The molecule has 0 aromatic carbocycles. The number of nitrogens with zero attached hydrogens (tertiary/aromatic N) is 1. The maximum Gasteiger partial charge on any atom is 0.230 e. The molecule has 0 bridgehead atoms. The Balaban J connectivity index is 4.15. The van der Waals surface area contributed by atoms with Gasteiger partial charge in [-0.05, 0) is 19.1 Å². The van der Waals surface area contributed by atoms with E-state index in [0.717, 1.165) is 12.8 Å². The van der Waals surface area contributed by atoms with Gasteiger partial charge < -0.3 is 16.3 Å². The van der Waals surface area contributed by atoms with Gasteiger partial charge >= 0.3 is 0 Å². The lowest BCUT2D eigenvalue weighted by atomic mass is 10.0. The quantitative estimate of drug-likeness (QED) is 0.267. The number of thioether (sulfide) groups is 1. The van der Waals surface area contributed by atoms with E-state index in [1.165, 1.54) is 0 Å². The summed E-state index contributed by atoms with van der Waals surface area (Å²) in [5.74, 6) is -0.688. The third kappa shape index (κ3) is 6.41. The summed E-state index contributed by atoms with van der Waals surface area (Å²) in [4.78, 5) is 11.8. The summed E-state index contributed by atoms with van der Waals surface area (Å²) in [6.07, 6.45) is 4.38. The number of rotatable bonds is 8. The Morgan fingerprint density at radius 2 is 2.18 bits per heavy atom. The lowest BCUT2D eigenvalue weighted by Gasteiger charge is -2.15. The molecule has 0 aliphatic rings. The minimum absolute atomic E-state index is 0.0118. The van der Waals surface area contributed by atoms with Crippen LogP contribution in [0.3, 0.4) is 0 Å². The number of carbonyl (C=O) groups is 1. The molecule has 4 N–H and O–H groups in total. The highest BCUT2D eigenvalue weighted by Crippen LogP contribution is 2.09. The van der Waals surface area contributed by atoms with Gasteiger partial charge in [-0.2, -0.15) is 11.8 Å². The van der Waals surface area contributed by atoms with Crippen molar-refractivity contribution in [2.24, 2.45) is 16.8 Å². The first-order valence-corrected chi connectivity index (χ1v) is 7.13. The average molecular weight is 261 g/mol. The minimum Gasteiger partial charge on any atom is -0.409 e. The first-order chi connectivity index (χ1) is 8.06. The van der Waals surface area contributed by atoms with Crippen molar-refractivity contribution < 1.29 is 10.0 Å². The molecular weight excluding hydrogens is 238 g/mol. The number of hydrogen-bond donors (Lipinski definition) is 3. The number of oxime groups is 1. The Bertz CT molecular complexity index is 259. The van der Waals surface area contributed by atoms with Crippen LogP contribution in [-0.2, 0) is 4.79 Å². The molecule has 0 radical (unpaired) electrons. The molecule has 6 heteroatoms. The smallest absolute Gasteiger partial charge is 0.230 e. The van der Waals surface area contributed by atoms with Gasteiger partial charge in [0.1, 0.15) is 0 Å². The van der Waals surface area contributed by atoms with Gasteiger partial charge in [-0.1, -0.05) is 25.4 Å². The lowest BCUT2D eigenvalue weighted by molar-refractivity contribution is -0.123. The number of nitrogens with two attached hydrogens (primary N) is 1. The van der Waals surface area contributed by atoms with Gasteiger partial charge in [0.2, 0.25) is 5.91 Å². The average Bonchev–Trinajstić information content (AvgIpc) is 2.34. The van der Waals surface area contributed by atoms with Gasteiger partial charge in [0.25, 0.3) is 0 Å². The van der Waals surface area contributed by atoms with E-state index in [0.29, 0.717) is 18.2 Å². The summed E-state index contributed by atoms with van der Waals surface area (Å²) in [7, 11) is 0. The van der Waals surface area contributed by atoms with Crippen LogP contribution >= 0.6 is 11.8 Å². The van der Waals surface area contributed by atoms with Crippen molar-refractivity contribution in [3.05, 3.63) is 0 Å². The van der Waals surface area contributed by atoms with Crippen LogP contribution in [0.1, 0.15) is 33.1 Å². The summed E-state index contributed by atoms with van der Waals surface area (Å²) in [6, 6.07) is 0. The molecule has 0 aliphatic carbocycles. The summed E-state index contributed by atoms with van der Waals surface area (Å²) in [6.45, 7) is 4.70. The van der Waals surface area contributed by atoms with Gasteiger partial charge in [0.15, 0.2) is 5.84 Å². The van der Waals surface area contributed by atoms with Crippen LogP contribution in [0.2, 0.25) is 0 Å². The number of amides is 1. The van der Waals surface area contributed by atoms with Gasteiger partial charge in [0, 0.05) is 11.8 Å². The fourth-order valence-corrected chi connectivity index (χ4v) is 1.76. The van der Waals surface area contributed by atoms with Gasteiger partial charge in [-0.3, -0.25) is 4.79 Å². The summed E-state index contributed by atoms with van der Waals surface area (Å²) < 4.78 is 0. The molecular formula is C11H23N3O2S. The Morgan fingerprint density at radius 1 is 1.53 bits per heavy atom. The zero-order chi connectivity index (χ0) is 13.3. The number of carbonyl (C=O) groups excluding carboxylic acids is 1. The lowest BCUT2D eigenvalue weighted by Crippen LogP contribution is -2.39. The fourth-order valence-electron chi connectivity index (χ4n) is 1.41. The van der Waals surface area contributed by atoms with Crippen molar-refractivity contribution >= 4 is 23.5 Å². The Hall–Kier alpha value is -0.910. The molecule has 0 aromatic heterocycles. The molecule has 0 aliphatic heterocycles. The first kappa shape index (κ1) is 16.1. The molecule has 2 atom stereocenters. The predicted molar refractivity (Wildman–Crippen MR) is 72.4 cm³/mol.